The van der Waals surface area contributed by atoms with Gasteiger partial charge in [0.05, 0.1) is 0 Å². The van der Waals surface area contributed by atoms with Crippen molar-refractivity contribution >= 4 is 17.1 Å². The predicted molar refractivity (Wildman–Crippen MR) is 82.7 cm³/mol. The summed E-state index contributed by atoms with van der Waals surface area (Å²) in [5.74, 6) is 0.585. The number of nitrogens with one attached hydrogen (secondary N) is 1. The molecule has 2 aromatic rings. The van der Waals surface area contributed by atoms with Gasteiger partial charge in [0.1, 0.15) is 0 Å². The van der Waals surface area contributed by atoms with Crippen LogP contribution in [0.15, 0.2) is 9.59 Å². The number of aromatic nitrogens is 4. The largest absolute Gasteiger partial charge is 0.354 e. The Morgan fingerprint density at radius 2 is 1.95 bits per heavy atom. The van der Waals surface area contributed by atoms with Gasteiger partial charge in [-0.25, -0.2) is 4.79 Å². The van der Waals surface area contributed by atoms with Crippen molar-refractivity contribution in [2.75, 3.05) is 18.4 Å². The van der Waals surface area contributed by atoms with E-state index in [9.17, 15) is 9.59 Å². The first-order valence-electron chi connectivity index (χ1n) is 7.13. The zero-order valence-corrected chi connectivity index (χ0v) is 12.7. The summed E-state index contributed by atoms with van der Waals surface area (Å²) >= 11 is 0. The molecule has 0 aromatic carbocycles. The third kappa shape index (κ3) is 2.58. The van der Waals surface area contributed by atoms with E-state index in [4.69, 9.17) is 5.73 Å². The van der Waals surface area contributed by atoms with Gasteiger partial charge >= 0.3 is 5.69 Å². The average Bonchev–Trinajstić information content (AvgIpc) is 2.85. The molecule has 8 heteroatoms. The van der Waals surface area contributed by atoms with E-state index in [1.54, 1.807) is 7.05 Å². The lowest BCUT2D eigenvalue weighted by molar-refractivity contribution is 0.641. The first-order valence-corrected chi connectivity index (χ1v) is 7.13. The quantitative estimate of drug-likeness (QED) is 0.755. The number of nitrogens with two attached hydrogens (primary N) is 1. The van der Waals surface area contributed by atoms with Gasteiger partial charge < -0.3 is 15.6 Å². The van der Waals surface area contributed by atoms with E-state index < -0.39 is 0 Å². The maximum Gasteiger partial charge on any atom is 0.332 e. The van der Waals surface area contributed by atoms with Crippen molar-refractivity contribution < 1.29 is 0 Å². The molecule has 0 fully saturated rings. The molecule has 8 nitrogen and oxygen atoms in total. The summed E-state index contributed by atoms with van der Waals surface area (Å²) in [5, 5.41) is 3.12. The lowest BCUT2D eigenvalue weighted by Gasteiger charge is -2.09. The molecular formula is C13H22N6O2. The van der Waals surface area contributed by atoms with Gasteiger partial charge in [-0.3, -0.25) is 13.9 Å². The van der Waals surface area contributed by atoms with Crippen molar-refractivity contribution in [3.05, 3.63) is 20.8 Å². The molecule has 0 spiro atoms. The number of fused-ring (bicyclic) bond motifs is 1. The SMILES string of the molecule is CCCCn1c(NCCN)nc2c1c(=O)n(C)c(=O)n2C. The van der Waals surface area contributed by atoms with E-state index in [2.05, 4.69) is 17.2 Å². The van der Waals surface area contributed by atoms with Crippen molar-refractivity contribution in [2.24, 2.45) is 19.8 Å². The van der Waals surface area contributed by atoms with Gasteiger partial charge in [-0.15, -0.1) is 0 Å². The molecule has 3 N–H and O–H groups in total. The van der Waals surface area contributed by atoms with E-state index in [-0.39, 0.29) is 11.2 Å². The maximum atomic E-state index is 12.4. The Labute approximate surface area is 122 Å². The van der Waals surface area contributed by atoms with E-state index in [0.717, 1.165) is 17.4 Å². The molecule has 0 aliphatic carbocycles. The fraction of sp³-hybridized carbons (Fsp3) is 0.615. The molecule has 0 saturated heterocycles. The molecule has 0 amide bonds. The molecule has 0 aliphatic heterocycles. The third-order valence-electron chi connectivity index (χ3n) is 3.51. The molecule has 2 rings (SSSR count). The summed E-state index contributed by atoms with van der Waals surface area (Å²) in [4.78, 5) is 28.8. The highest BCUT2D eigenvalue weighted by Gasteiger charge is 2.18. The van der Waals surface area contributed by atoms with Crippen LogP contribution in [0, 0.1) is 0 Å². The van der Waals surface area contributed by atoms with Crippen molar-refractivity contribution in [2.45, 2.75) is 26.3 Å². The molecule has 2 aromatic heterocycles. The second kappa shape index (κ2) is 6.13. The van der Waals surface area contributed by atoms with E-state index >= 15 is 0 Å². The molecule has 0 saturated carbocycles. The first-order chi connectivity index (χ1) is 10.0. The minimum Gasteiger partial charge on any atom is -0.354 e. The number of unbranched alkanes of at least 4 members (excludes halogenated alkanes) is 1. The van der Waals surface area contributed by atoms with Crippen molar-refractivity contribution in [1.82, 2.24) is 18.7 Å². The lowest BCUT2D eigenvalue weighted by atomic mass is 10.3. The fourth-order valence-corrected chi connectivity index (χ4v) is 2.30. The zero-order valence-electron chi connectivity index (χ0n) is 12.7. The summed E-state index contributed by atoms with van der Waals surface area (Å²) in [6.07, 6.45) is 1.93. The molecule has 0 aliphatic rings. The van der Waals surface area contributed by atoms with Gasteiger partial charge in [0.25, 0.3) is 5.56 Å². The number of hydrogen-bond donors (Lipinski definition) is 2. The molecule has 0 atom stereocenters. The van der Waals surface area contributed by atoms with Gasteiger partial charge in [-0.05, 0) is 6.42 Å². The van der Waals surface area contributed by atoms with Crippen LogP contribution in [-0.2, 0) is 20.6 Å². The second-order valence-corrected chi connectivity index (χ2v) is 5.03. The number of aryl methyl sites for hydroxylation is 2. The van der Waals surface area contributed by atoms with Crippen LogP contribution in [0.25, 0.3) is 11.2 Å². The summed E-state index contributed by atoms with van der Waals surface area (Å²) < 4.78 is 4.35. The first kappa shape index (κ1) is 15.3. The fourth-order valence-electron chi connectivity index (χ4n) is 2.30. The molecule has 2 heterocycles. The van der Waals surface area contributed by atoms with Gasteiger partial charge in [0.15, 0.2) is 11.2 Å². The Hall–Kier alpha value is -2.09. The Kier molecular flexibility index (Phi) is 4.46. The van der Waals surface area contributed by atoms with Crippen LogP contribution in [0.3, 0.4) is 0 Å². The summed E-state index contributed by atoms with van der Waals surface area (Å²) in [7, 11) is 3.10. The minimum absolute atomic E-state index is 0.322. The van der Waals surface area contributed by atoms with E-state index in [1.807, 2.05) is 4.57 Å². The van der Waals surface area contributed by atoms with Crippen LogP contribution < -0.4 is 22.3 Å². The van der Waals surface area contributed by atoms with Crippen molar-refractivity contribution in [1.29, 1.82) is 0 Å². The number of rotatable bonds is 6. The highest BCUT2D eigenvalue weighted by atomic mass is 16.2. The minimum atomic E-state index is -0.377. The smallest absolute Gasteiger partial charge is 0.332 e. The van der Waals surface area contributed by atoms with Gasteiger partial charge in [-0.2, -0.15) is 4.98 Å². The van der Waals surface area contributed by atoms with Crippen LogP contribution in [0.2, 0.25) is 0 Å². The second-order valence-electron chi connectivity index (χ2n) is 5.03. The topological polar surface area (TPSA) is 99.9 Å². The number of imidazole rings is 1. The van der Waals surface area contributed by atoms with E-state index in [1.165, 1.54) is 11.6 Å². The number of nitrogens with zero attached hydrogens (tertiary/aromatic N) is 4. The van der Waals surface area contributed by atoms with Crippen LogP contribution in [0.1, 0.15) is 19.8 Å². The monoisotopic (exact) mass is 294 g/mol. The molecule has 116 valence electrons. The van der Waals surface area contributed by atoms with Crippen LogP contribution in [-0.4, -0.2) is 31.8 Å². The summed E-state index contributed by atoms with van der Waals surface area (Å²) in [6.45, 7) is 3.78. The van der Waals surface area contributed by atoms with E-state index in [0.29, 0.717) is 36.7 Å². The van der Waals surface area contributed by atoms with Crippen LogP contribution >= 0.6 is 0 Å². The lowest BCUT2D eigenvalue weighted by Crippen LogP contribution is -2.37. The van der Waals surface area contributed by atoms with Gasteiger partial charge in [0.2, 0.25) is 5.95 Å². The predicted octanol–water partition coefficient (Wildman–Crippen LogP) is -0.396. The Bertz CT molecular complexity index is 755. The van der Waals surface area contributed by atoms with Crippen molar-refractivity contribution in [3.63, 3.8) is 0 Å². The Morgan fingerprint density at radius 3 is 2.57 bits per heavy atom. The average molecular weight is 294 g/mol. The van der Waals surface area contributed by atoms with Gasteiger partial charge in [0, 0.05) is 33.7 Å². The molecule has 0 unspecified atom stereocenters. The number of anilines is 1. The van der Waals surface area contributed by atoms with Crippen molar-refractivity contribution in [3.8, 4) is 0 Å². The zero-order chi connectivity index (χ0) is 15.6. The van der Waals surface area contributed by atoms with Gasteiger partial charge in [-0.1, -0.05) is 13.3 Å². The highest BCUT2D eigenvalue weighted by Crippen LogP contribution is 2.16. The van der Waals surface area contributed by atoms with Crippen LogP contribution in [0.4, 0.5) is 5.95 Å². The summed E-state index contributed by atoms with van der Waals surface area (Å²) in [5.41, 5.74) is 5.66. The molecule has 0 radical (unpaired) electrons. The Morgan fingerprint density at radius 1 is 1.24 bits per heavy atom. The number of hydrogen-bond acceptors (Lipinski definition) is 5. The maximum absolute atomic E-state index is 12.4. The highest BCUT2D eigenvalue weighted by molar-refractivity contribution is 5.74. The third-order valence-corrected chi connectivity index (χ3v) is 3.51. The normalized spacial score (nSPS) is 11.2. The molecule has 0 bridgehead atoms. The molecular weight excluding hydrogens is 272 g/mol. The Balaban J connectivity index is 2.74. The molecule has 21 heavy (non-hydrogen) atoms. The summed E-state index contributed by atoms with van der Waals surface area (Å²) in [6, 6.07) is 0. The standard InChI is InChI=1S/C13H22N6O2/c1-4-5-8-19-9-10(16-12(19)15-7-6-14)17(2)13(21)18(3)11(9)20/h4-8,14H2,1-3H3,(H,15,16). The van der Waals surface area contributed by atoms with Crippen LogP contribution in [0.5, 0.6) is 0 Å².